The van der Waals surface area contributed by atoms with Gasteiger partial charge in [0.25, 0.3) is 5.91 Å². The number of hydrogen-bond acceptors (Lipinski definition) is 5. The highest BCUT2D eigenvalue weighted by Gasteiger charge is 2.44. The number of piperazine rings is 1. The van der Waals surface area contributed by atoms with Crippen LogP contribution in [0, 0.1) is 5.41 Å². The Hall–Kier alpha value is -1.66. The van der Waals surface area contributed by atoms with Crippen molar-refractivity contribution >= 4 is 11.7 Å². The molecular formula is C17H27N5O. The van der Waals surface area contributed by atoms with E-state index < -0.39 is 0 Å². The van der Waals surface area contributed by atoms with Crippen LogP contribution >= 0.6 is 0 Å². The lowest BCUT2D eigenvalue weighted by atomic mass is 10.1. The SMILES string of the molecule is CNc1cc(C(=O)NCC2(CN3CCN(C)CC3)CC2)ccn1. The molecule has 2 fully saturated rings. The van der Waals surface area contributed by atoms with E-state index in [0.717, 1.165) is 45.1 Å². The van der Waals surface area contributed by atoms with E-state index in [1.165, 1.54) is 12.8 Å². The average Bonchev–Trinajstić information content (AvgIpc) is 3.35. The zero-order valence-corrected chi connectivity index (χ0v) is 14.1. The Kier molecular flexibility index (Phi) is 4.82. The molecule has 0 spiro atoms. The van der Waals surface area contributed by atoms with Gasteiger partial charge in [0.05, 0.1) is 0 Å². The first-order chi connectivity index (χ1) is 11.1. The van der Waals surface area contributed by atoms with Crippen molar-refractivity contribution in [3.05, 3.63) is 23.9 Å². The van der Waals surface area contributed by atoms with E-state index in [4.69, 9.17) is 0 Å². The van der Waals surface area contributed by atoms with Crippen molar-refractivity contribution in [3.63, 3.8) is 0 Å². The third kappa shape index (κ3) is 4.20. The fraction of sp³-hybridized carbons (Fsp3) is 0.647. The van der Waals surface area contributed by atoms with Gasteiger partial charge in [-0.05, 0) is 32.0 Å². The maximum absolute atomic E-state index is 12.3. The zero-order chi connectivity index (χ0) is 16.3. The average molecular weight is 317 g/mol. The Balaban J connectivity index is 1.50. The van der Waals surface area contributed by atoms with E-state index in [1.54, 1.807) is 25.4 Å². The largest absolute Gasteiger partial charge is 0.373 e. The summed E-state index contributed by atoms with van der Waals surface area (Å²) in [5.41, 5.74) is 0.963. The second-order valence-electron chi connectivity index (χ2n) is 6.94. The number of rotatable bonds is 6. The molecule has 0 unspecified atom stereocenters. The van der Waals surface area contributed by atoms with E-state index in [-0.39, 0.29) is 5.91 Å². The molecule has 3 rings (SSSR count). The van der Waals surface area contributed by atoms with E-state index in [2.05, 4.69) is 32.5 Å². The molecular weight excluding hydrogens is 290 g/mol. The van der Waals surface area contributed by atoms with Crippen LogP contribution in [-0.4, -0.2) is 74.1 Å². The topological polar surface area (TPSA) is 60.5 Å². The van der Waals surface area contributed by atoms with Gasteiger partial charge in [0.1, 0.15) is 5.82 Å². The normalized spacial score (nSPS) is 21.0. The quantitative estimate of drug-likeness (QED) is 0.816. The summed E-state index contributed by atoms with van der Waals surface area (Å²) in [6, 6.07) is 3.55. The highest BCUT2D eigenvalue weighted by Crippen LogP contribution is 2.45. The maximum atomic E-state index is 12.3. The Morgan fingerprint density at radius 3 is 2.70 bits per heavy atom. The molecule has 126 valence electrons. The van der Waals surface area contributed by atoms with Crippen LogP contribution in [-0.2, 0) is 0 Å². The lowest BCUT2D eigenvalue weighted by Gasteiger charge is -2.34. The number of carbonyl (C=O) groups is 1. The number of nitrogens with zero attached hydrogens (tertiary/aromatic N) is 3. The minimum absolute atomic E-state index is 0.00597. The van der Waals surface area contributed by atoms with Gasteiger partial charge >= 0.3 is 0 Å². The monoisotopic (exact) mass is 317 g/mol. The van der Waals surface area contributed by atoms with E-state index in [9.17, 15) is 4.79 Å². The van der Waals surface area contributed by atoms with Crippen LogP contribution in [0.3, 0.4) is 0 Å². The van der Waals surface area contributed by atoms with E-state index in [1.807, 2.05) is 0 Å². The molecule has 0 aromatic carbocycles. The van der Waals surface area contributed by atoms with Gasteiger partial charge in [-0.15, -0.1) is 0 Å². The van der Waals surface area contributed by atoms with Gasteiger partial charge in [-0.2, -0.15) is 0 Å². The number of pyridine rings is 1. The van der Waals surface area contributed by atoms with E-state index >= 15 is 0 Å². The summed E-state index contributed by atoms with van der Waals surface area (Å²) < 4.78 is 0. The van der Waals surface area contributed by atoms with Crippen LogP contribution in [0.5, 0.6) is 0 Å². The zero-order valence-electron chi connectivity index (χ0n) is 14.1. The van der Waals surface area contributed by atoms with Gasteiger partial charge in [0.15, 0.2) is 0 Å². The predicted octanol–water partition coefficient (Wildman–Crippen LogP) is 0.881. The Morgan fingerprint density at radius 1 is 1.30 bits per heavy atom. The number of nitrogens with one attached hydrogen (secondary N) is 2. The molecule has 23 heavy (non-hydrogen) atoms. The molecule has 0 bridgehead atoms. The number of aromatic nitrogens is 1. The van der Waals surface area contributed by atoms with Crippen molar-refractivity contribution in [2.75, 3.05) is 58.7 Å². The van der Waals surface area contributed by atoms with Crippen molar-refractivity contribution < 1.29 is 4.79 Å². The molecule has 1 aromatic rings. The van der Waals surface area contributed by atoms with Gasteiger partial charge in [-0.25, -0.2) is 4.98 Å². The standard InChI is InChI=1S/C17H27N5O/c1-18-15-11-14(3-6-19-15)16(23)20-12-17(4-5-17)13-22-9-7-21(2)8-10-22/h3,6,11H,4-5,7-10,12-13H2,1-2H3,(H,18,19)(H,20,23). The molecule has 1 saturated heterocycles. The molecule has 1 amide bonds. The third-order valence-corrected chi connectivity index (χ3v) is 5.01. The first-order valence-electron chi connectivity index (χ1n) is 8.43. The Labute approximate surface area is 138 Å². The van der Waals surface area contributed by atoms with Crippen LogP contribution in [0.2, 0.25) is 0 Å². The Morgan fingerprint density at radius 2 is 2.04 bits per heavy atom. The minimum atomic E-state index is -0.00597. The van der Waals surface area contributed by atoms with Gasteiger partial charge in [-0.1, -0.05) is 0 Å². The first kappa shape index (κ1) is 16.2. The second-order valence-corrected chi connectivity index (χ2v) is 6.94. The van der Waals surface area contributed by atoms with Gasteiger partial charge < -0.3 is 20.4 Å². The maximum Gasteiger partial charge on any atom is 0.251 e. The number of likely N-dealkylation sites (N-methyl/N-ethyl adjacent to an activating group) is 1. The van der Waals surface area contributed by atoms with Gasteiger partial charge in [0, 0.05) is 63.5 Å². The molecule has 6 heteroatoms. The van der Waals surface area contributed by atoms with E-state index in [0.29, 0.717) is 11.0 Å². The van der Waals surface area contributed by atoms with Crippen LogP contribution in [0.1, 0.15) is 23.2 Å². The van der Waals surface area contributed by atoms with Crippen molar-refractivity contribution in [2.45, 2.75) is 12.8 Å². The summed E-state index contributed by atoms with van der Waals surface area (Å²) in [6.45, 7) is 6.46. The third-order valence-electron chi connectivity index (χ3n) is 5.01. The second kappa shape index (κ2) is 6.84. The summed E-state index contributed by atoms with van der Waals surface area (Å²) in [5.74, 6) is 0.713. The summed E-state index contributed by atoms with van der Waals surface area (Å²) in [6.07, 6.45) is 4.10. The number of carbonyl (C=O) groups excluding carboxylic acids is 1. The van der Waals surface area contributed by atoms with Crippen LogP contribution < -0.4 is 10.6 Å². The fourth-order valence-electron chi connectivity index (χ4n) is 3.13. The molecule has 0 atom stereocenters. The molecule has 6 nitrogen and oxygen atoms in total. The van der Waals surface area contributed by atoms with Crippen molar-refractivity contribution in [1.82, 2.24) is 20.1 Å². The molecule has 2 heterocycles. The number of anilines is 1. The first-order valence-corrected chi connectivity index (χ1v) is 8.43. The summed E-state index contributed by atoms with van der Waals surface area (Å²) >= 11 is 0. The Bertz CT molecular complexity index is 550. The smallest absolute Gasteiger partial charge is 0.251 e. The minimum Gasteiger partial charge on any atom is -0.373 e. The number of amides is 1. The summed E-state index contributed by atoms with van der Waals surface area (Å²) in [4.78, 5) is 21.4. The van der Waals surface area contributed by atoms with Gasteiger partial charge in [-0.3, -0.25) is 4.79 Å². The summed E-state index contributed by atoms with van der Waals surface area (Å²) in [5, 5.41) is 6.08. The van der Waals surface area contributed by atoms with Crippen LogP contribution in [0.15, 0.2) is 18.3 Å². The van der Waals surface area contributed by atoms with Crippen molar-refractivity contribution in [2.24, 2.45) is 5.41 Å². The summed E-state index contributed by atoms with van der Waals surface area (Å²) in [7, 11) is 3.98. The number of hydrogen-bond donors (Lipinski definition) is 2. The van der Waals surface area contributed by atoms with Gasteiger partial charge in [0.2, 0.25) is 0 Å². The highest BCUT2D eigenvalue weighted by atomic mass is 16.1. The molecule has 2 aliphatic rings. The molecule has 0 radical (unpaired) electrons. The lowest BCUT2D eigenvalue weighted by molar-refractivity contribution is 0.0927. The molecule has 1 aliphatic carbocycles. The van der Waals surface area contributed by atoms with Crippen molar-refractivity contribution in [1.29, 1.82) is 0 Å². The molecule has 2 N–H and O–H groups in total. The van der Waals surface area contributed by atoms with Crippen LogP contribution in [0.25, 0.3) is 0 Å². The van der Waals surface area contributed by atoms with Crippen molar-refractivity contribution in [3.8, 4) is 0 Å². The van der Waals surface area contributed by atoms with Crippen LogP contribution in [0.4, 0.5) is 5.82 Å². The fourth-order valence-corrected chi connectivity index (χ4v) is 3.13. The highest BCUT2D eigenvalue weighted by molar-refractivity contribution is 5.94. The lowest BCUT2D eigenvalue weighted by Crippen LogP contribution is -2.47. The predicted molar refractivity (Wildman–Crippen MR) is 91.7 cm³/mol. The molecule has 1 aromatic heterocycles. The molecule has 1 aliphatic heterocycles. The molecule has 1 saturated carbocycles.